The lowest BCUT2D eigenvalue weighted by Crippen LogP contribution is -2.32. The van der Waals surface area contributed by atoms with Gasteiger partial charge in [-0.15, -0.1) is 0 Å². The maximum absolute atomic E-state index is 12.1. The van der Waals surface area contributed by atoms with E-state index in [0.29, 0.717) is 25.3 Å². The van der Waals surface area contributed by atoms with Crippen LogP contribution in [0.15, 0.2) is 54.6 Å². The van der Waals surface area contributed by atoms with Crippen molar-refractivity contribution >= 4 is 23.4 Å². The van der Waals surface area contributed by atoms with Gasteiger partial charge >= 0.3 is 12.1 Å². The monoisotopic (exact) mass is 338 g/mol. The SMILES string of the molecule is C[C@@H](CNC(=O)Nc1cccc(N2CCNC2=O)c1)c1ccccc1. The van der Waals surface area contributed by atoms with E-state index in [2.05, 4.69) is 35.0 Å². The van der Waals surface area contributed by atoms with Crippen LogP contribution in [-0.4, -0.2) is 31.7 Å². The molecule has 0 saturated carbocycles. The van der Waals surface area contributed by atoms with Crippen LogP contribution in [0.2, 0.25) is 0 Å². The molecule has 3 rings (SSSR count). The van der Waals surface area contributed by atoms with Gasteiger partial charge in [-0.1, -0.05) is 43.3 Å². The summed E-state index contributed by atoms with van der Waals surface area (Å²) in [4.78, 5) is 25.5. The van der Waals surface area contributed by atoms with Crippen LogP contribution in [0.1, 0.15) is 18.4 Å². The average molecular weight is 338 g/mol. The summed E-state index contributed by atoms with van der Waals surface area (Å²) in [7, 11) is 0. The fourth-order valence-electron chi connectivity index (χ4n) is 2.79. The number of benzene rings is 2. The van der Waals surface area contributed by atoms with Crippen LogP contribution in [0, 0.1) is 0 Å². The van der Waals surface area contributed by atoms with E-state index in [9.17, 15) is 9.59 Å². The molecule has 3 N–H and O–H groups in total. The van der Waals surface area contributed by atoms with E-state index < -0.39 is 0 Å². The third-order valence-corrected chi connectivity index (χ3v) is 4.21. The second-order valence-electron chi connectivity index (χ2n) is 6.08. The summed E-state index contributed by atoms with van der Waals surface area (Å²) < 4.78 is 0. The number of urea groups is 2. The van der Waals surface area contributed by atoms with Gasteiger partial charge in [0.15, 0.2) is 0 Å². The zero-order valence-corrected chi connectivity index (χ0v) is 14.2. The minimum atomic E-state index is -0.259. The summed E-state index contributed by atoms with van der Waals surface area (Å²) in [6.07, 6.45) is 0. The molecule has 1 fully saturated rings. The number of carbonyl (C=O) groups is 2. The second kappa shape index (κ2) is 7.70. The van der Waals surface area contributed by atoms with Gasteiger partial charge in [0.25, 0.3) is 0 Å². The Morgan fingerprint density at radius 2 is 2.00 bits per heavy atom. The van der Waals surface area contributed by atoms with Crippen LogP contribution in [0.3, 0.4) is 0 Å². The van der Waals surface area contributed by atoms with Gasteiger partial charge in [0, 0.05) is 31.0 Å². The van der Waals surface area contributed by atoms with Crippen molar-refractivity contribution in [3.05, 3.63) is 60.2 Å². The number of carbonyl (C=O) groups excluding carboxylic acids is 2. The van der Waals surface area contributed by atoms with Crippen molar-refractivity contribution < 1.29 is 9.59 Å². The molecule has 2 aromatic carbocycles. The number of rotatable bonds is 5. The van der Waals surface area contributed by atoms with Crippen molar-refractivity contribution in [3.63, 3.8) is 0 Å². The predicted molar refractivity (Wildman–Crippen MR) is 99.1 cm³/mol. The van der Waals surface area contributed by atoms with Crippen LogP contribution in [-0.2, 0) is 0 Å². The number of nitrogens with zero attached hydrogens (tertiary/aromatic N) is 1. The molecule has 6 heteroatoms. The van der Waals surface area contributed by atoms with Crippen LogP contribution in [0.4, 0.5) is 21.0 Å². The molecule has 6 nitrogen and oxygen atoms in total. The third-order valence-electron chi connectivity index (χ3n) is 4.21. The topological polar surface area (TPSA) is 73.5 Å². The summed E-state index contributed by atoms with van der Waals surface area (Å²) in [5.74, 6) is 0.228. The standard InChI is InChI=1S/C19H22N4O2/c1-14(15-6-3-2-4-7-15)13-21-18(24)22-16-8-5-9-17(12-16)23-11-10-20-19(23)25/h2-9,12,14H,10-11,13H2,1H3,(H,20,25)(H2,21,22,24)/t14-/m0/s1. The van der Waals surface area contributed by atoms with Crippen molar-refractivity contribution in [1.82, 2.24) is 10.6 Å². The van der Waals surface area contributed by atoms with E-state index >= 15 is 0 Å². The summed E-state index contributed by atoms with van der Waals surface area (Å²) in [5.41, 5.74) is 2.61. The van der Waals surface area contributed by atoms with E-state index in [4.69, 9.17) is 0 Å². The molecule has 4 amide bonds. The first kappa shape index (κ1) is 16.8. The maximum atomic E-state index is 12.1. The van der Waals surface area contributed by atoms with Gasteiger partial charge < -0.3 is 16.0 Å². The Morgan fingerprint density at radius 1 is 1.20 bits per heavy atom. The molecule has 0 aliphatic carbocycles. The van der Waals surface area contributed by atoms with Crippen molar-refractivity contribution in [2.24, 2.45) is 0 Å². The molecule has 130 valence electrons. The normalized spacial score (nSPS) is 14.8. The van der Waals surface area contributed by atoms with E-state index in [0.717, 1.165) is 5.69 Å². The molecule has 0 bridgehead atoms. The van der Waals surface area contributed by atoms with Gasteiger partial charge in [0.1, 0.15) is 0 Å². The smallest absolute Gasteiger partial charge is 0.321 e. The van der Waals surface area contributed by atoms with Crippen molar-refractivity contribution in [1.29, 1.82) is 0 Å². The van der Waals surface area contributed by atoms with Crippen molar-refractivity contribution in [3.8, 4) is 0 Å². The summed E-state index contributed by atoms with van der Waals surface area (Å²) in [5, 5.41) is 8.47. The molecule has 1 aliphatic heterocycles. The third kappa shape index (κ3) is 4.29. The lowest BCUT2D eigenvalue weighted by Gasteiger charge is -2.16. The minimum Gasteiger partial charge on any atom is -0.337 e. The number of hydrogen-bond acceptors (Lipinski definition) is 2. The highest BCUT2D eigenvalue weighted by atomic mass is 16.2. The Hall–Kier alpha value is -3.02. The van der Waals surface area contributed by atoms with Crippen LogP contribution >= 0.6 is 0 Å². The molecule has 0 unspecified atom stereocenters. The number of amides is 4. The van der Waals surface area contributed by atoms with Gasteiger partial charge in [-0.2, -0.15) is 0 Å². The van der Waals surface area contributed by atoms with Crippen LogP contribution in [0.5, 0.6) is 0 Å². The quantitative estimate of drug-likeness (QED) is 0.783. The van der Waals surface area contributed by atoms with Gasteiger partial charge in [-0.25, -0.2) is 9.59 Å². The fraction of sp³-hybridized carbons (Fsp3) is 0.263. The minimum absolute atomic E-state index is 0.113. The van der Waals surface area contributed by atoms with Gasteiger partial charge in [0.2, 0.25) is 0 Å². The van der Waals surface area contributed by atoms with Gasteiger partial charge in [-0.3, -0.25) is 4.90 Å². The molecule has 0 radical (unpaired) electrons. The lowest BCUT2D eigenvalue weighted by atomic mass is 10.0. The molecule has 1 saturated heterocycles. The van der Waals surface area contributed by atoms with E-state index in [1.165, 1.54) is 5.56 Å². The summed E-state index contributed by atoms with van der Waals surface area (Å²) >= 11 is 0. The first-order valence-corrected chi connectivity index (χ1v) is 8.39. The van der Waals surface area contributed by atoms with Crippen LogP contribution < -0.4 is 20.9 Å². The largest absolute Gasteiger partial charge is 0.337 e. The zero-order chi connectivity index (χ0) is 17.6. The number of hydrogen-bond donors (Lipinski definition) is 3. The van der Waals surface area contributed by atoms with E-state index in [1.807, 2.05) is 30.3 Å². The fourth-order valence-corrected chi connectivity index (χ4v) is 2.79. The molecule has 0 spiro atoms. The van der Waals surface area contributed by atoms with Gasteiger partial charge in [0.05, 0.1) is 0 Å². The van der Waals surface area contributed by atoms with E-state index in [1.54, 1.807) is 17.0 Å². The predicted octanol–water partition coefficient (Wildman–Crippen LogP) is 3.14. The maximum Gasteiger partial charge on any atom is 0.321 e. The second-order valence-corrected chi connectivity index (χ2v) is 6.08. The Morgan fingerprint density at radius 3 is 2.72 bits per heavy atom. The molecule has 25 heavy (non-hydrogen) atoms. The Labute approximate surface area is 147 Å². The van der Waals surface area contributed by atoms with Crippen molar-refractivity contribution in [2.75, 3.05) is 29.9 Å². The van der Waals surface area contributed by atoms with Crippen LogP contribution in [0.25, 0.3) is 0 Å². The Balaban J connectivity index is 1.55. The molecule has 1 aliphatic rings. The average Bonchev–Trinajstić information content (AvgIpc) is 3.06. The Bertz CT molecular complexity index is 748. The highest BCUT2D eigenvalue weighted by Gasteiger charge is 2.21. The van der Waals surface area contributed by atoms with Gasteiger partial charge in [-0.05, 0) is 29.7 Å². The molecule has 0 aromatic heterocycles. The Kier molecular flexibility index (Phi) is 5.18. The summed E-state index contributed by atoms with van der Waals surface area (Å²) in [6.45, 7) is 3.88. The molecule has 2 aromatic rings. The molecule has 1 heterocycles. The number of nitrogens with one attached hydrogen (secondary N) is 3. The zero-order valence-electron chi connectivity index (χ0n) is 14.2. The van der Waals surface area contributed by atoms with Crippen molar-refractivity contribution in [2.45, 2.75) is 12.8 Å². The summed E-state index contributed by atoms with van der Waals surface area (Å²) in [6, 6.07) is 17.0. The first-order valence-electron chi connectivity index (χ1n) is 8.39. The highest BCUT2D eigenvalue weighted by molar-refractivity contribution is 5.95. The molecular weight excluding hydrogens is 316 g/mol. The molecular formula is C19H22N4O2. The molecule has 1 atom stereocenters. The first-order chi connectivity index (χ1) is 12.1. The lowest BCUT2D eigenvalue weighted by molar-refractivity contribution is 0.251. The highest BCUT2D eigenvalue weighted by Crippen LogP contribution is 2.21. The number of anilines is 2. The van der Waals surface area contributed by atoms with E-state index in [-0.39, 0.29) is 18.0 Å².